The molecule has 1 aromatic carbocycles. The fourth-order valence-electron chi connectivity index (χ4n) is 4.25. The zero-order valence-electron chi connectivity index (χ0n) is 16.2. The number of hydrogen-bond donors (Lipinski definition) is 0. The number of aryl methyl sites for hydroxylation is 2. The smallest absolute Gasteiger partial charge is 0.229 e. The van der Waals surface area contributed by atoms with E-state index in [-0.39, 0.29) is 18.1 Å². The summed E-state index contributed by atoms with van der Waals surface area (Å²) < 4.78 is 11.8. The molecule has 2 fully saturated rings. The van der Waals surface area contributed by atoms with E-state index in [9.17, 15) is 4.79 Å². The van der Waals surface area contributed by atoms with Crippen LogP contribution in [0.25, 0.3) is 11.5 Å². The fraction of sp³-hybridized carbons (Fsp3) is 0.545. The molecule has 5 nitrogen and oxygen atoms in total. The van der Waals surface area contributed by atoms with Gasteiger partial charge in [0.25, 0.3) is 0 Å². The fourth-order valence-corrected chi connectivity index (χ4v) is 4.25. The molecular weight excluding hydrogens is 340 g/mol. The molecule has 1 aromatic heterocycles. The van der Waals surface area contributed by atoms with E-state index in [1.807, 2.05) is 24.0 Å². The van der Waals surface area contributed by atoms with Crippen molar-refractivity contribution in [3.05, 3.63) is 41.3 Å². The van der Waals surface area contributed by atoms with Crippen molar-refractivity contribution in [1.29, 1.82) is 0 Å². The number of rotatable bonds is 4. The summed E-state index contributed by atoms with van der Waals surface area (Å²) in [6.45, 7) is 5.35. The van der Waals surface area contributed by atoms with Gasteiger partial charge in [-0.25, -0.2) is 4.98 Å². The molecule has 0 spiro atoms. The van der Waals surface area contributed by atoms with Crippen molar-refractivity contribution in [2.75, 3.05) is 13.2 Å². The van der Waals surface area contributed by atoms with Gasteiger partial charge in [0.05, 0.1) is 30.9 Å². The van der Waals surface area contributed by atoms with E-state index in [1.165, 1.54) is 18.4 Å². The summed E-state index contributed by atoms with van der Waals surface area (Å²) in [6, 6.07) is 8.48. The molecule has 27 heavy (non-hydrogen) atoms. The van der Waals surface area contributed by atoms with Crippen LogP contribution < -0.4 is 0 Å². The molecule has 2 heterocycles. The average Bonchev–Trinajstić information content (AvgIpc) is 3.08. The first-order valence-corrected chi connectivity index (χ1v) is 10.1. The second-order valence-corrected chi connectivity index (χ2v) is 7.60. The lowest BCUT2D eigenvalue weighted by Crippen LogP contribution is -2.55. The first kappa shape index (κ1) is 18.2. The van der Waals surface area contributed by atoms with E-state index in [2.05, 4.69) is 24.0 Å². The van der Waals surface area contributed by atoms with Crippen molar-refractivity contribution < 1.29 is 13.9 Å². The summed E-state index contributed by atoms with van der Waals surface area (Å²) in [5.41, 5.74) is 2.98. The highest BCUT2D eigenvalue weighted by molar-refractivity contribution is 5.79. The molecule has 1 amide bonds. The summed E-state index contributed by atoms with van der Waals surface area (Å²) in [5, 5.41) is 0. The second-order valence-electron chi connectivity index (χ2n) is 7.60. The minimum Gasteiger partial charge on any atom is -0.441 e. The summed E-state index contributed by atoms with van der Waals surface area (Å²) >= 11 is 0. The minimum absolute atomic E-state index is 0.138. The third kappa shape index (κ3) is 3.79. The standard InChI is InChI=1S/C22H28N2O3/c1-3-16-8-10-17(11-9-16)22-23-18(15(2)27-22)14-21(25)24-12-13-26-20-7-5-4-6-19(20)24/h8-11,19-20H,3-7,12-14H2,1-2H3. The Morgan fingerprint density at radius 3 is 2.78 bits per heavy atom. The van der Waals surface area contributed by atoms with Crippen LogP contribution in [0.5, 0.6) is 0 Å². The third-order valence-corrected chi connectivity index (χ3v) is 5.87. The van der Waals surface area contributed by atoms with Crippen LogP contribution in [0.1, 0.15) is 49.6 Å². The Hall–Kier alpha value is -2.14. The van der Waals surface area contributed by atoms with E-state index >= 15 is 0 Å². The summed E-state index contributed by atoms with van der Waals surface area (Å²) in [7, 11) is 0. The number of oxazole rings is 1. The molecule has 0 N–H and O–H groups in total. The van der Waals surface area contributed by atoms with Crippen molar-refractivity contribution in [3.8, 4) is 11.5 Å². The van der Waals surface area contributed by atoms with Crippen LogP contribution in [0.4, 0.5) is 0 Å². The zero-order chi connectivity index (χ0) is 18.8. The van der Waals surface area contributed by atoms with Gasteiger partial charge in [0, 0.05) is 12.1 Å². The average molecular weight is 368 g/mol. The molecule has 2 aliphatic rings. The summed E-state index contributed by atoms with van der Waals surface area (Å²) in [5.74, 6) is 1.46. The first-order chi connectivity index (χ1) is 13.2. The SMILES string of the molecule is CCc1ccc(-c2nc(CC(=O)N3CCOC4CCCCC43)c(C)o2)cc1. The molecule has 1 aliphatic carbocycles. The number of benzene rings is 1. The highest BCUT2D eigenvalue weighted by atomic mass is 16.5. The van der Waals surface area contributed by atoms with E-state index in [4.69, 9.17) is 9.15 Å². The van der Waals surface area contributed by atoms with Gasteiger partial charge < -0.3 is 14.1 Å². The Morgan fingerprint density at radius 1 is 1.22 bits per heavy atom. The predicted octanol–water partition coefficient (Wildman–Crippen LogP) is 3.92. The van der Waals surface area contributed by atoms with Gasteiger partial charge in [-0.15, -0.1) is 0 Å². The van der Waals surface area contributed by atoms with E-state index in [1.54, 1.807) is 0 Å². The Kier molecular flexibility index (Phi) is 5.30. The monoisotopic (exact) mass is 368 g/mol. The molecule has 2 unspecified atom stereocenters. The lowest BCUT2D eigenvalue weighted by Gasteiger charge is -2.43. The maximum Gasteiger partial charge on any atom is 0.229 e. The first-order valence-electron chi connectivity index (χ1n) is 10.1. The van der Waals surface area contributed by atoms with Gasteiger partial charge in [0.15, 0.2) is 0 Å². The number of amides is 1. The molecule has 2 atom stereocenters. The van der Waals surface area contributed by atoms with E-state index in [0.717, 1.165) is 36.3 Å². The predicted molar refractivity (Wildman–Crippen MR) is 103 cm³/mol. The van der Waals surface area contributed by atoms with E-state index in [0.29, 0.717) is 25.5 Å². The molecule has 4 rings (SSSR count). The molecule has 144 valence electrons. The number of nitrogens with zero attached hydrogens (tertiary/aromatic N) is 2. The number of fused-ring (bicyclic) bond motifs is 1. The number of aromatic nitrogens is 1. The van der Waals surface area contributed by atoms with Gasteiger partial charge >= 0.3 is 0 Å². The third-order valence-electron chi connectivity index (χ3n) is 5.87. The van der Waals surface area contributed by atoms with Crippen molar-refractivity contribution in [2.45, 2.75) is 64.5 Å². The molecular formula is C22H28N2O3. The molecule has 0 bridgehead atoms. The molecule has 1 aliphatic heterocycles. The lowest BCUT2D eigenvalue weighted by molar-refractivity contribution is -0.148. The highest BCUT2D eigenvalue weighted by Gasteiger charge is 2.36. The quantitative estimate of drug-likeness (QED) is 0.821. The Labute approximate surface area is 160 Å². The molecule has 1 saturated heterocycles. The van der Waals surface area contributed by atoms with Gasteiger partial charge in [0.2, 0.25) is 11.8 Å². The van der Waals surface area contributed by atoms with Crippen molar-refractivity contribution in [2.24, 2.45) is 0 Å². The number of ether oxygens (including phenoxy) is 1. The maximum atomic E-state index is 13.0. The Balaban J connectivity index is 1.48. The molecule has 2 aromatic rings. The normalized spacial score (nSPS) is 22.5. The highest BCUT2D eigenvalue weighted by Crippen LogP contribution is 2.29. The molecule has 0 radical (unpaired) electrons. The van der Waals surface area contributed by atoms with Crippen LogP contribution in [-0.2, 0) is 22.4 Å². The van der Waals surface area contributed by atoms with Crippen LogP contribution in [0.3, 0.4) is 0 Å². The largest absolute Gasteiger partial charge is 0.441 e. The van der Waals surface area contributed by atoms with Crippen LogP contribution in [-0.4, -0.2) is 41.1 Å². The Morgan fingerprint density at radius 2 is 2.00 bits per heavy atom. The van der Waals surface area contributed by atoms with Gasteiger partial charge in [0.1, 0.15) is 5.76 Å². The van der Waals surface area contributed by atoms with Crippen LogP contribution in [0.2, 0.25) is 0 Å². The summed E-state index contributed by atoms with van der Waals surface area (Å²) in [6.07, 6.45) is 6.00. The number of hydrogen-bond acceptors (Lipinski definition) is 4. The molecule has 1 saturated carbocycles. The van der Waals surface area contributed by atoms with Crippen molar-refractivity contribution in [1.82, 2.24) is 9.88 Å². The zero-order valence-corrected chi connectivity index (χ0v) is 16.2. The van der Waals surface area contributed by atoms with E-state index < -0.39 is 0 Å². The van der Waals surface area contributed by atoms with Crippen molar-refractivity contribution >= 4 is 5.91 Å². The number of carbonyl (C=O) groups excluding carboxylic acids is 1. The lowest BCUT2D eigenvalue weighted by atomic mass is 9.90. The van der Waals surface area contributed by atoms with Crippen LogP contribution in [0.15, 0.2) is 28.7 Å². The minimum atomic E-state index is 0.138. The summed E-state index contributed by atoms with van der Waals surface area (Å²) in [4.78, 5) is 19.6. The van der Waals surface area contributed by atoms with Crippen LogP contribution in [0, 0.1) is 6.92 Å². The van der Waals surface area contributed by atoms with Gasteiger partial charge in [-0.1, -0.05) is 31.9 Å². The van der Waals surface area contributed by atoms with Gasteiger partial charge in [-0.05, 0) is 43.9 Å². The number of morpholine rings is 1. The Bertz CT molecular complexity index is 794. The van der Waals surface area contributed by atoms with Gasteiger partial charge in [-0.3, -0.25) is 4.79 Å². The maximum absolute atomic E-state index is 13.0. The topological polar surface area (TPSA) is 55.6 Å². The second kappa shape index (κ2) is 7.85. The van der Waals surface area contributed by atoms with Crippen molar-refractivity contribution in [3.63, 3.8) is 0 Å². The molecule has 5 heteroatoms. The van der Waals surface area contributed by atoms with Crippen LogP contribution >= 0.6 is 0 Å². The van der Waals surface area contributed by atoms with Gasteiger partial charge in [-0.2, -0.15) is 0 Å². The number of carbonyl (C=O) groups is 1.